The van der Waals surface area contributed by atoms with Crippen molar-refractivity contribution in [1.29, 1.82) is 0 Å². The summed E-state index contributed by atoms with van der Waals surface area (Å²) >= 11 is 5.91. The molecule has 1 aromatic heterocycles. The Morgan fingerprint density at radius 3 is 2.85 bits per heavy atom. The topological polar surface area (TPSA) is 76.5 Å². The van der Waals surface area contributed by atoms with E-state index in [9.17, 15) is 9.59 Å². The van der Waals surface area contributed by atoms with Gasteiger partial charge in [-0.25, -0.2) is 0 Å². The third-order valence-corrected chi connectivity index (χ3v) is 5.15. The van der Waals surface area contributed by atoms with E-state index < -0.39 is 0 Å². The lowest BCUT2D eigenvalue weighted by molar-refractivity contribution is 0.0683. The molecule has 2 aliphatic rings. The normalized spacial score (nSPS) is 19.2. The summed E-state index contributed by atoms with van der Waals surface area (Å²) < 4.78 is 7.12. The van der Waals surface area contributed by atoms with Crippen molar-refractivity contribution in [3.05, 3.63) is 52.3 Å². The van der Waals surface area contributed by atoms with Crippen molar-refractivity contribution < 1.29 is 14.3 Å². The van der Waals surface area contributed by atoms with Gasteiger partial charge in [-0.1, -0.05) is 23.7 Å². The Balaban J connectivity index is 1.41. The van der Waals surface area contributed by atoms with E-state index in [0.29, 0.717) is 36.9 Å². The number of benzene rings is 1. The number of amides is 2. The van der Waals surface area contributed by atoms with Gasteiger partial charge in [0.15, 0.2) is 5.69 Å². The lowest BCUT2D eigenvalue weighted by Gasteiger charge is -2.27. The number of nitrogens with one attached hydrogen (secondary N) is 1. The van der Waals surface area contributed by atoms with Crippen LogP contribution in [-0.2, 0) is 17.8 Å². The summed E-state index contributed by atoms with van der Waals surface area (Å²) in [5, 5.41) is 7.81. The standard InChI is InChI=1S/C19H21ClN4O3/c20-14-5-3-13(4-6-14)12-23-7-8-24-17(19(23)26)10-16(22-24)18(25)21-11-15-2-1-9-27-15/h3-6,10,15H,1-2,7-9,11-12H2,(H,21,25). The van der Waals surface area contributed by atoms with Crippen LogP contribution in [0.1, 0.15) is 39.4 Å². The Hall–Kier alpha value is -2.38. The summed E-state index contributed by atoms with van der Waals surface area (Å²) in [7, 11) is 0. The molecule has 2 amide bonds. The van der Waals surface area contributed by atoms with Crippen LogP contribution in [0.15, 0.2) is 30.3 Å². The van der Waals surface area contributed by atoms with Crippen molar-refractivity contribution in [3.8, 4) is 0 Å². The predicted octanol–water partition coefficient (Wildman–Crippen LogP) is 2.10. The quantitative estimate of drug-likeness (QED) is 0.851. The van der Waals surface area contributed by atoms with E-state index in [1.54, 1.807) is 15.6 Å². The van der Waals surface area contributed by atoms with Gasteiger partial charge in [-0.3, -0.25) is 14.3 Å². The summed E-state index contributed by atoms with van der Waals surface area (Å²) in [5.41, 5.74) is 1.72. The van der Waals surface area contributed by atoms with Crippen LogP contribution >= 0.6 is 11.6 Å². The van der Waals surface area contributed by atoms with E-state index >= 15 is 0 Å². The fourth-order valence-corrected chi connectivity index (χ4v) is 3.54. The minimum Gasteiger partial charge on any atom is -0.376 e. The summed E-state index contributed by atoms with van der Waals surface area (Å²) in [6.07, 6.45) is 2.05. The number of nitrogens with zero attached hydrogens (tertiary/aromatic N) is 3. The molecule has 0 radical (unpaired) electrons. The van der Waals surface area contributed by atoms with Gasteiger partial charge in [0, 0.05) is 37.3 Å². The van der Waals surface area contributed by atoms with Gasteiger partial charge in [-0.05, 0) is 30.5 Å². The minimum atomic E-state index is -0.274. The number of fused-ring (bicyclic) bond motifs is 1. The van der Waals surface area contributed by atoms with Gasteiger partial charge in [0.05, 0.1) is 12.6 Å². The van der Waals surface area contributed by atoms with Crippen LogP contribution in [0, 0.1) is 0 Å². The first kappa shape index (κ1) is 18.0. The molecule has 1 saturated heterocycles. The summed E-state index contributed by atoms with van der Waals surface area (Å²) in [6.45, 7) is 2.83. The number of halogens is 1. The molecule has 0 saturated carbocycles. The van der Waals surface area contributed by atoms with E-state index in [1.165, 1.54) is 0 Å². The largest absolute Gasteiger partial charge is 0.376 e. The van der Waals surface area contributed by atoms with Gasteiger partial charge < -0.3 is 15.0 Å². The maximum absolute atomic E-state index is 12.8. The molecule has 1 atom stereocenters. The highest BCUT2D eigenvalue weighted by atomic mass is 35.5. The number of hydrogen-bond acceptors (Lipinski definition) is 4. The highest BCUT2D eigenvalue weighted by molar-refractivity contribution is 6.30. The summed E-state index contributed by atoms with van der Waals surface area (Å²) in [6, 6.07) is 9.01. The number of aromatic nitrogens is 2. The number of carbonyl (C=O) groups is 2. The van der Waals surface area contributed by atoms with Crippen molar-refractivity contribution in [2.45, 2.75) is 32.0 Å². The second kappa shape index (κ2) is 7.70. The Morgan fingerprint density at radius 2 is 2.11 bits per heavy atom. The van der Waals surface area contributed by atoms with Crippen LogP contribution in [0.25, 0.3) is 0 Å². The zero-order valence-corrected chi connectivity index (χ0v) is 15.6. The first-order chi connectivity index (χ1) is 13.1. The van der Waals surface area contributed by atoms with Crippen LogP contribution < -0.4 is 5.32 Å². The lowest BCUT2D eigenvalue weighted by atomic mass is 10.2. The summed E-state index contributed by atoms with van der Waals surface area (Å²) in [5.74, 6) is -0.397. The number of rotatable bonds is 5. The first-order valence-electron chi connectivity index (χ1n) is 9.11. The molecule has 8 heteroatoms. The molecular weight excluding hydrogens is 368 g/mol. The Labute approximate surface area is 162 Å². The van der Waals surface area contributed by atoms with E-state index in [-0.39, 0.29) is 23.6 Å². The van der Waals surface area contributed by atoms with Gasteiger partial charge in [-0.2, -0.15) is 5.10 Å². The molecule has 2 aliphatic heterocycles. The third kappa shape index (κ3) is 3.99. The molecule has 1 fully saturated rings. The number of hydrogen-bond donors (Lipinski definition) is 1. The second-order valence-corrected chi connectivity index (χ2v) is 7.27. The minimum absolute atomic E-state index is 0.0719. The average Bonchev–Trinajstić information content (AvgIpc) is 3.34. The van der Waals surface area contributed by atoms with Crippen LogP contribution in [0.4, 0.5) is 0 Å². The SMILES string of the molecule is O=C(NCC1CCCO1)c1cc2n(n1)CCN(Cc1ccc(Cl)cc1)C2=O. The molecule has 0 bridgehead atoms. The summed E-state index contributed by atoms with van der Waals surface area (Å²) in [4.78, 5) is 26.9. The van der Waals surface area contributed by atoms with Crippen LogP contribution in [0.5, 0.6) is 0 Å². The van der Waals surface area contributed by atoms with Crippen molar-refractivity contribution in [2.24, 2.45) is 0 Å². The molecule has 1 N–H and O–H groups in total. The van der Waals surface area contributed by atoms with Crippen LogP contribution in [0.2, 0.25) is 5.02 Å². The van der Waals surface area contributed by atoms with E-state index in [1.807, 2.05) is 24.3 Å². The van der Waals surface area contributed by atoms with Gasteiger partial charge >= 0.3 is 0 Å². The Morgan fingerprint density at radius 1 is 1.30 bits per heavy atom. The maximum atomic E-state index is 12.8. The maximum Gasteiger partial charge on any atom is 0.272 e. The Kier molecular flexibility index (Phi) is 5.13. The molecule has 2 aromatic rings. The van der Waals surface area contributed by atoms with Crippen molar-refractivity contribution >= 4 is 23.4 Å². The van der Waals surface area contributed by atoms with Crippen LogP contribution in [-0.4, -0.2) is 52.3 Å². The van der Waals surface area contributed by atoms with E-state index in [0.717, 1.165) is 25.0 Å². The zero-order chi connectivity index (χ0) is 18.8. The van der Waals surface area contributed by atoms with Crippen molar-refractivity contribution in [2.75, 3.05) is 19.7 Å². The molecule has 27 heavy (non-hydrogen) atoms. The number of ether oxygens (including phenoxy) is 1. The van der Waals surface area contributed by atoms with Gasteiger partial charge in [0.2, 0.25) is 0 Å². The van der Waals surface area contributed by atoms with E-state index in [4.69, 9.17) is 16.3 Å². The second-order valence-electron chi connectivity index (χ2n) is 6.84. The molecular formula is C19H21ClN4O3. The van der Waals surface area contributed by atoms with E-state index in [2.05, 4.69) is 10.4 Å². The van der Waals surface area contributed by atoms with Crippen LogP contribution in [0.3, 0.4) is 0 Å². The molecule has 3 heterocycles. The molecule has 7 nitrogen and oxygen atoms in total. The molecule has 0 spiro atoms. The van der Waals surface area contributed by atoms with Gasteiger partial charge in [0.1, 0.15) is 5.69 Å². The molecule has 1 unspecified atom stereocenters. The fraction of sp³-hybridized carbons (Fsp3) is 0.421. The molecule has 4 rings (SSSR count). The molecule has 1 aromatic carbocycles. The first-order valence-corrected chi connectivity index (χ1v) is 9.49. The average molecular weight is 389 g/mol. The lowest BCUT2D eigenvalue weighted by Crippen LogP contribution is -2.39. The highest BCUT2D eigenvalue weighted by Crippen LogP contribution is 2.18. The fourth-order valence-electron chi connectivity index (χ4n) is 3.41. The predicted molar refractivity (Wildman–Crippen MR) is 99.7 cm³/mol. The molecule has 142 valence electrons. The Bertz CT molecular complexity index is 843. The van der Waals surface area contributed by atoms with Crippen molar-refractivity contribution in [3.63, 3.8) is 0 Å². The highest BCUT2D eigenvalue weighted by Gasteiger charge is 2.28. The third-order valence-electron chi connectivity index (χ3n) is 4.90. The smallest absolute Gasteiger partial charge is 0.272 e. The number of carbonyl (C=O) groups excluding carboxylic acids is 2. The van der Waals surface area contributed by atoms with Crippen molar-refractivity contribution in [1.82, 2.24) is 20.0 Å². The molecule has 0 aliphatic carbocycles. The monoisotopic (exact) mass is 388 g/mol. The van der Waals surface area contributed by atoms with Gasteiger partial charge in [-0.15, -0.1) is 0 Å². The van der Waals surface area contributed by atoms with Gasteiger partial charge in [0.25, 0.3) is 11.8 Å². The zero-order valence-electron chi connectivity index (χ0n) is 14.9.